The predicted molar refractivity (Wildman–Crippen MR) is 123 cm³/mol. The van der Waals surface area contributed by atoms with Crippen molar-refractivity contribution in [2.24, 2.45) is 0 Å². The third-order valence-electron chi connectivity index (χ3n) is 5.68. The van der Waals surface area contributed by atoms with E-state index in [4.69, 9.17) is 4.98 Å². The van der Waals surface area contributed by atoms with E-state index in [1.807, 2.05) is 37.3 Å². The molecule has 1 amide bonds. The molecule has 2 N–H and O–H groups in total. The molecule has 1 fully saturated rings. The number of rotatable bonds is 3. The molecule has 2 aliphatic rings. The van der Waals surface area contributed by atoms with Gasteiger partial charge in [0, 0.05) is 23.5 Å². The van der Waals surface area contributed by atoms with Gasteiger partial charge in [0.1, 0.15) is 5.82 Å². The van der Waals surface area contributed by atoms with Crippen LogP contribution in [0.1, 0.15) is 51.5 Å². The molecule has 4 nitrogen and oxygen atoms in total. The minimum absolute atomic E-state index is 0. The summed E-state index contributed by atoms with van der Waals surface area (Å²) in [6.45, 7) is 3.41. The normalized spacial score (nSPS) is 15.0. The average molecular weight is 448 g/mol. The van der Waals surface area contributed by atoms with Crippen molar-refractivity contribution in [3.8, 4) is 0 Å². The van der Waals surface area contributed by atoms with Crippen molar-refractivity contribution < 1.29 is 9.18 Å². The number of nitrogens with one attached hydrogen (secondary N) is 2. The van der Waals surface area contributed by atoms with Gasteiger partial charge in [-0.25, -0.2) is 4.39 Å². The zero-order valence-corrected chi connectivity index (χ0v) is 18.3. The zero-order chi connectivity index (χ0) is 19.3. The van der Waals surface area contributed by atoms with Crippen LogP contribution in [0.2, 0.25) is 0 Å². The molecule has 1 aromatic heterocycles. The van der Waals surface area contributed by atoms with Crippen LogP contribution in [0.25, 0.3) is 10.9 Å². The lowest BCUT2D eigenvalue weighted by atomic mass is 9.99. The Balaban J connectivity index is 0.00000128. The zero-order valence-electron chi connectivity index (χ0n) is 16.6. The lowest BCUT2D eigenvalue weighted by Gasteiger charge is -2.19. The van der Waals surface area contributed by atoms with Gasteiger partial charge in [-0.1, -0.05) is 17.7 Å². The molecule has 0 unspecified atom stereocenters. The van der Waals surface area contributed by atoms with E-state index >= 15 is 0 Å². The van der Waals surface area contributed by atoms with E-state index < -0.39 is 0 Å². The number of amides is 1. The first kappa shape index (κ1) is 22.5. The van der Waals surface area contributed by atoms with Crippen molar-refractivity contribution in [2.75, 3.05) is 11.9 Å². The fraction of sp³-hybridized carbons (Fsp3) is 0.304. The number of carbonyl (C=O) groups is 1. The van der Waals surface area contributed by atoms with Gasteiger partial charge in [0.2, 0.25) is 0 Å². The van der Waals surface area contributed by atoms with Crippen LogP contribution in [0, 0.1) is 12.7 Å². The van der Waals surface area contributed by atoms with Gasteiger partial charge in [0.15, 0.2) is 0 Å². The number of halogens is 3. The number of nitrogens with zero attached hydrogens (tertiary/aromatic N) is 1. The van der Waals surface area contributed by atoms with Gasteiger partial charge in [0.25, 0.3) is 5.91 Å². The maximum absolute atomic E-state index is 15.0. The Hall–Kier alpha value is -2.21. The Labute approximate surface area is 187 Å². The second-order valence-corrected chi connectivity index (χ2v) is 7.84. The molecule has 1 aliphatic carbocycles. The van der Waals surface area contributed by atoms with E-state index in [2.05, 4.69) is 10.6 Å². The SMILES string of the molecule is Cc1ccc2nc(C3CC3)cc(C(=O)Nc3ccc4c(c3F)CCNC4)c2c1.Cl.Cl. The number of pyridine rings is 1. The molecule has 7 heteroatoms. The Morgan fingerprint density at radius 3 is 2.73 bits per heavy atom. The molecule has 30 heavy (non-hydrogen) atoms. The van der Waals surface area contributed by atoms with Crippen molar-refractivity contribution >= 4 is 47.3 Å². The summed E-state index contributed by atoms with van der Waals surface area (Å²) in [4.78, 5) is 17.9. The van der Waals surface area contributed by atoms with Crippen LogP contribution < -0.4 is 10.6 Å². The second-order valence-electron chi connectivity index (χ2n) is 7.84. The van der Waals surface area contributed by atoms with Crippen molar-refractivity contribution in [1.82, 2.24) is 10.3 Å². The maximum Gasteiger partial charge on any atom is 0.256 e. The van der Waals surface area contributed by atoms with Crippen LogP contribution in [0.15, 0.2) is 36.4 Å². The molecule has 1 aliphatic heterocycles. The highest BCUT2D eigenvalue weighted by molar-refractivity contribution is 6.12. The van der Waals surface area contributed by atoms with Crippen molar-refractivity contribution in [3.05, 3.63) is 70.2 Å². The molecule has 2 aromatic carbocycles. The number of benzene rings is 2. The van der Waals surface area contributed by atoms with E-state index in [1.54, 1.807) is 6.07 Å². The molecule has 3 aromatic rings. The summed E-state index contributed by atoms with van der Waals surface area (Å²) in [6.07, 6.45) is 2.85. The van der Waals surface area contributed by atoms with Gasteiger partial charge in [-0.05, 0) is 68.1 Å². The molecule has 0 atom stereocenters. The average Bonchev–Trinajstić information content (AvgIpc) is 3.55. The van der Waals surface area contributed by atoms with Crippen LogP contribution >= 0.6 is 24.8 Å². The molecule has 1 saturated carbocycles. The van der Waals surface area contributed by atoms with E-state index in [0.717, 1.165) is 47.1 Å². The van der Waals surface area contributed by atoms with Gasteiger partial charge in [-0.15, -0.1) is 24.8 Å². The van der Waals surface area contributed by atoms with Crippen LogP contribution in [0.5, 0.6) is 0 Å². The predicted octanol–water partition coefficient (Wildman–Crippen LogP) is 5.30. The lowest BCUT2D eigenvalue weighted by Crippen LogP contribution is -2.25. The molecular weight excluding hydrogens is 424 g/mol. The van der Waals surface area contributed by atoms with Gasteiger partial charge < -0.3 is 10.6 Å². The monoisotopic (exact) mass is 447 g/mol. The summed E-state index contributed by atoms with van der Waals surface area (Å²) in [5, 5.41) is 6.86. The smallest absolute Gasteiger partial charge is 0.256 e. The number of anilines is 1. The molecule has 0 spiro atoms. The van der Waals surface area contributed by atoms with Gasteiger partial charge in [-0.2, -0.15) is 0 Å². The van der Waals surface area contributed by atoms with Crippen LogP contribution in [0.3, 0.4) is 0 Å². The third-order valence-corrected chi connectivity index (χ3v) is 5.68. The first-order valence-electron chi connectivity index (χ1n) is 9.84. The summed E-state index contributed by atoms with van der Waals surface area (Å²) in [7, 11) is 0. The van der Waals surface area contributed by atoms with Gasteiger partial charge >= 0.3 is 0 Å². The Kier molecular flexibility index (Phi) is 6.65. The topological polar surface area (TPSA) is 54.0 Å². The van der Waals surface area contributed by atoms with Gasteiger partial charge in [-0.3, -0.25) is 9.78 Å². The van der Waals surface area contributed by atoms with E-state index in [9.17, 15) is 9.18 Å². The summed E-state index contributed by atoms with van der Waals surface area (Å²) in [5.41, 5.74) is 5.31. The summed E-state index contributed by atoms with van der Waals surface area (Å²) >= 11 is 0. The molecule has 2 heterocycles. The van der Waals surface area contributed by atoms with Crippen LogP contribution in [0.4, 0.5) is 10.1 Å². The molecule has 5 rings (SSSR count). The minimum Gasteiger partial charge on any atom is -0.319 e. The molecule has 0 radical (unpaired) electrons. The highest BCUT2D eigenvalue weighted by atomic mass is 35.5. The van der Waals surface area contributed by atoms with E-state index in [1.165, 1.54) is 0 Å². The minimum atomic E-state index is -0.315. The first-order valence-corrected chi connectivity index (χ1v) is 9.84. The van der Waals surface area contributed by atoms with E-state index in [-0.39, 0.29) is 42.2 Å². The summed E-state index contributed by atoms with van der Waals surface area (Å²) in [6, 6.07) is 11.4. The highest BCUT2D eigenvalue weighted by Crippen LogP contribution is 2.40. The van der Waals surface area contributed by atoms with Crippen molar-refractivity contribution in [2.45, 2.75) is 38.6 Å². The Bertz CT molecular complexity index is 1120. The Morgan fingerprint density at radius 2 is 1.97 bits per heavy atom. The number of aromatic nitrogens is 1. The summed E-state index contributed by atoms with van der Waals surface area (Å²) < 4.78 is 15.0. The molecule has 0 bridgehead atoms. The van der Waals surface area contributed by atoms with E-state index in [0.29, 0.717) is 30.0 Å². The highest BCUT2D eigenvalue weighted by Gasteiger charge is 2.27. The molecule has 0 saturated heterocycles. The van der Waals surface area contributed by atoms with Crippen LogP contribution in [-0.4, -0.2) is 17.4 Å². The fourth-order valence-corrected chi connectivity index (χ4v) is 3.96. The molecular formula is C23H24Cl2FN3O. The number of fused-ring (bicyclic) bond motifs is 2. The quantitative estimate of drug-likeness (QED) is 0.572. The number of hydrogen-bond acceptors (Lipinski definition) is 3. The second kappa shape index (κ2) is 8.88. The lowest BCUT2D eigenvalue weighted by molar-refractivity contribution is 0.102. The number of hydrogen-bond donors (Lipinski definition) is 2. The fourth-order valence-electron chi connectivity index (χ4n) is 3.96. The van der Waals surface area contributed by atoms with Gasteiger partial charge in [0.05, 0.1) is 16.8 Å². The first-order chi connectivity index (χ1) is 13.6. The van der Waals surface area contributed by atoms with Crippen LogP contribution in [-0.2, 0) is 13.0 Å². The maximum atomic E-state index is 15.0. The largest absolute Gasteiger partial charge is 0.319 e. The standard InChI is InChI=1S/C23H22FN3O.2ClH/c1-13-2-6-19-17(10-13)18(11-21(26-19)14-3-4-14)23(28)27-20-7-5-15-12-25-9-8-16(15)22(20)24;;/h2,5-7,10-11,14,25H,3-4,8-9,12H2,1H3,(H,27,28);2*1H. The number of aryl methyl sites for hydroxylation is 1. The van der Waals surface area contributed by atoms with Crippen molar-refractivity contribution in [1.29, 1.82) is 0 Å². The number of carbonyl (C=O) groups excluding carboxylic acids is 1. The van der Waals surface area contributed by atoms with Crippen molar-refractivity contribution in [3.63, 3.8) is 0 Å². The Morgan fingerprint density at radius 1 is 1.17 bits per heavy atom. The summed E-state index contributed by atoms with van der Waals surface area (Å²) in [5.74, 6) is -0.165. The molecule has 158 valence electrons. The third kappa shape index (κ3) is 4.15.